The molecule has 1 nitrogen and oxygen atoms in total. The van der Waals surface area contributed by atoms with E-state index in [-0.39, 0.29) is 5.69 Å². The number of anilines is 3. The molecule has 0 fully saturated rings. The zero-order valence-electron chi connectivity index (χ0n) is 29.3. The van der Waals surface area contributed by atoms with Gasteiger partial charge in [-0.25, -0.2) is 0 Å². The van der Waals surface area contributed by atoms with Crippen LogP contribution in [0.25, 0.3) is 53.6 Å². The highest BCUT2D eigenvalue weighted by Crippen LogP contribution is 2.63. The van der Waals surface area contributed by atoms with Gasteiger partial charge in [-0.2, -0.15) is 13.2 Å². The number of rotatable bonds is 4. The van der Waals surface area contributed by atoms with Crippen LogP contribution in [0.3, 0.4) is 0 Å². The van der Waals surface area contributed by atoms with E-state index in [9.17, 15) is 0 Å². The van der Waals surface area contributed by atoms with Gasteiger partial charge >= 0.3 is 6.18 Å². The van der Waals surface area contributed by atoms with E-state index >= 15 is 13.2 Å². The first kappa shape index (κ1) is 32.0. The van der Waals surface area contributed by atoms with Gasteiger partial charge in [0.25, 0.3) is 0 Å². The lowest BCUT2D eigenvalue weighted by molar-refractivity contribution is -0.137. The molecule has 0 atom stereocenters. The highest BCUT2D eigenvalue weighted by molar-refractivity contribution is 7.25. The average molecular weight is 734 g/mol. The van der Waals surface area contributed by atoms with Gasteiger partial charge in [0.15, 0.2) is 0 Å². The molecule has 0 saturated heterocycles. The largest absolute Gasteiger partial charge is 0.418 e. The molecule has 0 aliphatic heterocycles. The van der Waals surface area contributed by atoms with Crippen molar-refractivity contribution in [1.29, 1.82) is 0 Å². The highest BCUT2D eigenvalue weighted by atomic mass is 32.1. The summed E-state index contributed by atoms with van der Waals surface area (Å²) in [6.45, 7) is 0. The first-order chi connectivity index (χ1) is 26.9. The Hall–Kier alpha value is -6.43. The average Bonchev–Trinajstić information content (AvgIpc) is 3.85. The molecular formula is C50H30F3NS. The van der Waals surface area contributed by atoms with Gasteiger partial charge in [0.2, 0.25) is 0 Å². The van der Waals surface area contributed by atoms with Crippen molar-refractivity contribution >= 4 is 48.6 Å². The molecule has 0 N–H and O–H groups in total. The molecule has 0 bridgehead atoms. The van der Waals surface area contributed by atoms with E-state index in [1.54, 1.807) is 23.5 Å². The molecular weight excluding hydrogens is 704 g/mol. The number of alkyl halides is 3. The lowest BCUT2D eigenvalue weighted by Crippen LogP contribution is -2.26. The van der Waals surface area contributed by atoms with E-state index in [1.807, 2.05) is 53.4 Å². The topological polar surface area (TPSA) is 3.24 Å². The van der Waals surface area contributed by atoms with E-state index in [4.69, 9.17) is 0 Å². The Balaban J connectivity index is 1.23. The summed E-state index contributed by atoms with van der Waals surface area (Å²) in [6, 6.07) is 60.4. The van der Waals surface area contributed by atoms with Gasteiger partial charge in [-0.15, -0.1) is 11.3 Å². The predicted molar refractivity (Wildman–Crippen MR) is 221 cm³/mol. The van der Waals surface area contributed by atoms with Crippen LogP contribution in [0.1, 0.15) is 27.8 Å². The first-order valence-electron chi connectivity index (χ1n) is 18.3. The summed E-state index contributed by atoms with van der Waals surface area (Å²) >= 11 is 1.73. The van der Waals surface area contributed by atoms with Crippen LogP contribution in [0, 0.1) is 0 Å². The molecule has 0 radical (unpaired) electrons. The molecule has 262 valence electrons. The quantitative estimate of drug-likeness (QED) is 0.174. The smallest absolute Gasteiger partial charge is 0.309 e. The summed E-state index contributed by atoms with van der Waals surface area (Å²) in [6.07, 6.45) is -4.59. The predicted octanol–water partition coefficient (Wildman–Crippen LogP) is 14.6. The third kappa shape index (κ3) is 4.48. The molecule has 8 aromatic carbocycles. The minimum Gasteiger partial charge on any atom is -0.309 e. The SMILES string of the molecule is FC(F)(F)c1ccccc1N(c1ccc2c(c1)C1(c3ccccc3-c3ccccc31)c1ccccc1-2)c1ccccc1-c1cccc2sc3ccccc3c12. The first-order valence-corrected chi connectivity index (χ1v) is 19.2. The fourth-order valence-corrected chi connectivity index (χ4v) is 10.6. The summed E-state index contributed by atoms with van der Waals surface area (Å²) in [5.74, 6) is 0. The number of para-hydroxylation sites is 2. The van der Waals surface area contributed by atoms with Crippen molar-refractivity contribution in [3.8, 4) is 33.4 Å². The number of benzene rings is 8. The molecule has 1 aromatic heterocycles. The zero-order chi connectivity index (χ0) is 36.9. The van der Waals surface area contributed by atoms with E-state index in [2.05, 4.69) is 109 Å². The highest BCUT2D eigenvalue weighted by Gasteiger charge is 2.51. The van der Waals surface area contributed by atoms with Gasteiger partial charge in [-0.3, -0.25) is 0 Å². The van der Waals surface area contributed by atoms with Gasteiger partial charge in [0, 0.05) is 31.4 Å². The Morgan fingerprint density at radius 2 is 0.927 bits per heavy atom. The van der Waals surface area contributed by atoms with Crippen LogP contribution < -0.4 is 4.90 Å². The van der Waals surface area contributed by atoms with Crippen LogP contribution in [-0.2, 0) is 11.6 Å². The van der Waals surface area contributed by atoms with Gasteiger partial charge in [0.05, 0.1) is 22.4 Å². The Labute approximate surface area is 320 Å². The summed E-state index contributed by atoms with van der Waals surface area (Å²) in [5, 5.41) is 2.23. The van der Waals surface area contributed by atoms with E-state index in [0.717, 1.165) is 43.3 Å². The summed E-state index contributed by atoms with van der Waals surface area (Å²) in [7, 11) is 0. The standard InChI is InChI=1S/C50H30F3NS/c51-50(52,53)42-23-9-11-25-45(42)54(44-24-10-4-17-36(44)37-19-13-27-47-48(37)38-18-5-12-26-46(38)55-47)31-28-29-35-34-16-3-8-22-41(34)49(43(35)30-31)39-20-6-1-14-32(39)33-15-2-7-21-40(33)49/h1-30H. The number of nitrogens with zero attached hydrogens (tertiary/aromatic N) is 1. The summed E-state index contributed by atoms with van der Waals surface area (Å²) in [4.78, 5) is 1.83. The molecule has 55 heavy (non-hydrogen) atoms. The Bertz CT molecular complexity index is 2950. The van der Waals surface area contributed by atoms with Crippen molar-refractivity contribution in [2.45, 2.75) is 11.6 Å². The lowest BCUT2D eigenvalue weighted by atomic mass is 9.70. The molecule has 0 saturated carbocycles. The number of halogens is 3. The molecule has 0 amide bonds. The molecule has 5 heteroatoms. The second kappa shape index (κ2) is 11.8. The Morgan fingerprint density at radius 1 is 0.418 bits per heavy atom. The van der Waals surface area contributed by atoms with Crippen LogP contribution in [0.4, 0.5) is 30.2 Å². The molecule has 0 unspecified atom stereocenters. The summed E-state index contributed by atoms with van der Waals surface area (Å²) < 4.78 is 47.7. The molecule has 1 spiro atoms. The van der Waals surface area contributed by atoms with Gasteiger partial charge in [0.1, 0.15) is 0 Å². The Kier molecular flexibility index (Phi) is 6.86. The molecule has 2 aliphatic carbocycles. The lowest BCUT2D eigenvalue weighted by Gasteiger charge is -2.33. The van der Waals surface area contributed by atoms with Crippen molar-refractivity contribution in [3.05, 3.63) is 210 Å². The van der Waals surface area contributed by atoms with Crippen LogP contribution in [0.5, 0.6) is 0 Å². The fourth-order valence-electron chi connectivity index (χ4n) is 9.43. The number of fused-ring (bicyclic) bond motifs is 13. The van der Waals surface area contributed by atoms with Gasteiger partial charge < -0.3 is 4.90 Å². The number of hydrogen-bond donors (Lipinski definition) is 0. The van der Waals surface area contributed by atoms with E-state index in [0.29, 0.717) is 11.4 Å². The van der Waals surface area contributed by atoms with Crippen LogP contribution >= 0.6 is 11.3 Å². The Morgan fingerprint density at radius 3 is 1.60 bits per heavy atom. The minimum absolute atomic E-state index is 0.0709. The van der Waals surface area contributed by atoms with Crippen molar-refractivity contribution < 1.29 is 13.2 Å². The maximum absolute atomic E-state index is 15.1. The van der Waals surface area contributed by atoms with Crippen molar-refractivity contribution in [2.75, 3.05) is 4.90 Å². The van der Waals surface area contributed by atoms with Crippen molar-refractivity contribution in [3.63, 3.8) is 0 Å². The van der Waals surface area contributed by atoms with Crippen molar-refractivity contribution in [2.24, 2.45) is 0 Å². The van der Waals surface area contributed by atoms with E-state index in [1.165, 1.54) is 44.6 Å². The van der Waals surface area contributed by atoms with Gasteiger partial charge in [-0.1, -0.05) is 140 Å². The van der Waals surface area contributed by atoms with Crippen LogP contribution in [0.2, 0.25) is 0 Å². The third-order valence-electron chi connectivity index (χ3n) is 11.5. The minimum atomic E-state index is -4.59. The van der Waals surface area contributed by atoms with Crippen LogP contribution in [0.15, 0.2) is 182 Å². The summed E-state index contributed by atoms with van der Waals surface area (Å²) in [5.41, 5.74) is 11.0. The van der Waals surface area contributed by atoms with E-state index < -0.39 is 17.2 Å². The second-order valence-electron chi connectivity index (χ2n) is 14.3. The number of hydrogen-bond acceptors (Lipinski definition) is 2. The molecule has 11 rings (SSSR count). The maximum atomic E-state index is 15.1. The fraction of sp³-hybridized carbons (Fsp3) is 0.0400. The van der Waals surface area contributed by atoms with Crippen molar-refractivity contribution in [1.82, 2.24) is 0 Å². The van der Waals surface area contributed by atoms with Gasteiger partial charge in [-0.05, 0) is 92.5 Å². The second-order valence-corrected chi connectivity index (χ2v) is 15.3. The monoisotopic (exact) mass is 733 g/mol. The normalized spacial score (nSPS) is 13.5. The third-order valence-corrected chi connectivity index (χ3v) is 12.7. The zero-order valence-corrected chi connectivity index (χ0v) is 30.1. The molecule has 1 heterocycles. The maximum Gasteiger partial charge on any atom is 0.418 e. The number of thiophene rings is 1. The molecule has 9 aromatic rings. The molecule has 2 aliphatic rings. The van der Waals surface area contributed by atoms with Crippen LogP contribution in [-0.4, -0.2) is 0 Å².